The van der Waals surface area contributed by atoms with Gasteiger partial charge in [0, 0.05) is 35.9 Å². The first kappa shape index (κ1) is 21.4. The molecule has 5 nitrogen and oxygen atoms in total. The molecule has 1 fully saturated rings. The van der Waals surface area contributed by atoms with Crippen molar-refractivity contribution in [2.24, 2.45) is 0 Å². The molecule has 4 rings (SSSR count). The molecule has 1 aliphatic carbocycles. The van der Waals surface area contributed by atoms with Gasteiger partial charge in [-0.15, -0.1) is 36.2 Å². The Morgan fingerprint density at radius 3 is 2.73 bits per heavy atom. The highest BCUT2D eigenvalue weighted by molar-refractivity contribution is 7.09. The summed E-state index contributed by atoms with van der Waals surface area (Å²) >= 11 is 1.76. The van der Waals surface area contributed by atoms with Crippen LogP contribution in [0, 0.1) is 6.92 Å². The Kier molecular flexibility index (Phi) is 8.07. The molecule has 2 aromatic heterocycles. The number of nitrogens with one attached hydrogen (secondary N) is 2. The second-order valence-corrected chi connectivity index (χ2v) is 7.71. The van der Waals surface area contributed by atoms with Crippen LogP contribution in [-0.2, 0) is 19.3 Å². The predicted octanol–water partition coefficient (Wildman–Crippen LogP) is 3.70. The highest BCUT2D eigenvalue weighted by Crippen LogP contribution is 2.39. The molecule has 2 N–H and O–H groups in total. The zero-order chi connectivity index (χ0) is 16.4. The largest absolute Gasteiger partial charge is 0.370 e. The highest BCUT2D eigenvalue weighted by Gasteiger charge is 2.28. The summed E-state index contributed by atoms with van der Waals surface area (Å²) in [6.07, 6.45) is 6.75. The van der Waals surface area contributed by atoms with Crippen molar-refractivity contribution in [3.8, 4) is 0 Å². The van der Waals surface area contributed by atoms with Gasteiger partial charge in [0.15, 0.2) is 0 Å². The number of anilines is 1. The Labute approximate surface area is 171 Å². The van der Waals surface area contributed by atoms with Gasteiger partial charge in [-0.3, -0.25) is 0 Å². The minimum atomic E-state index is 0. The molecule has 8 heteroatoms. The van der Waals surface area contributed by atoms with E-state index >= 15 is 0 Å². The number of thiazole rings is 1. The van der Waals surface area contributed by atoms with Crippen LogP contribution < -0.4 is 10.6 Å². The molecule has 0 bridgehead atoms. The zero-order valence-electron chi connectivity index (χ0n) is 15.1. The first-order valence-electron chi connectivity index (χ1n) is 9.04. The van der Waals surface area contributed by atoms with E-state index in [1.54, 1.807) is 11.3 Å². The van der Waals surface area contributed by atoms with Gasteiger partial charge in [-0.2, -0.15) is 0 Å². The van der Waals surface area contributed by atoms with Crippen molar-refractivity contribution in [1.29, 1.82) is 0 Å². The van der Waals surface area contributed by atoms with Crippen molar-refractivity contribution in [2.75, 3.05) is 25.0 Å². The lowest BCUT2D eigenvalue weighted by Crippen LogP contribution is -2.16. The van der Waals surface area contributed by atoms with E-state index in [4.69, 9.17) is 9.97 Å². The van der Waals surface area contributed by atoms with Crippen molar-refractivity contribution in [1.82, 2.24) is 20.3 Å². The number of fused-ring (bicyclic) bond motifs is 1. The van der Waals surface area contributed by atoms with E-state index in [9.17, 15) is 0 Å². The van der Waals surface area contributed by atoms with Crippen molar-refractivity contribution >= 4 is 42.0 Å². The third-order valence-electron chi connectivity index (χ3n) is 4.86. The van der Waals surface area contributed by atoms with Crippen LogP contribution in [0.2, 0.25) is 0 Å². The average Bonchev–Trinajstić information content (AvgIpc) is 3.38. The summed E-state index contributed by atoms with van der Waals surface area (Å²) in [7, 11) is 0. The van der Waals surface area contributed by atoms with Crippen LogP contribution in [0.3, 0.4) is 0 Å². The SMILES string of the molecule is Cc1ncsc1CCCNc1nc(C2CC2)nc2c1CCNCC2.Cl.Cl. The van der Waals surface area contributed by atoms with Gasteiger partial charge in [0.1, 0.15) is 11.6 Å². The van der Waals surface area contributed by atoms with E-state index in [2.05, 4.69) is 22.5 Å². The topological polar surface area (TPSA) is 62.7 Å². The zero-order valence-corrected chi connectivity index (χ0v) is 17.5. The summed E-state index contributed by atoms with van der Waals surface area (Å²) in [4.78, 5) is 15.5. The molecule has 144 valence electrons. The van der Waals surface area contributed by atoms with Gasteiger partial charge in [0.2, 0.25) is 0 Å². The van der Waals surface area contributed by atoms with Crippen LogP contribution in [0.25, 0.3) is 0 Å². The normalized spacial score (nSPS) is 16.0. The van der Waals surface area contributed by atoms with Gasteiger partial charge in [-0.05, 0) is 45.6 Å². The molecule has 0 radical (unpaired) electrons. The maximum Gasteiger partial charge on any atom is 0.134 e. The lowest BCUT2D eigenvalue weighted by molar-refractivity contribution is 0.707. The Hall–Kier alpha value is -0.950. The van der Waals surface area contributed by atoms with Crippen LogP contribution in [0.5, 0.6) is 0 Å². The van der Waals surface area contributed by atoms with Gasteiger partial charge in [0.05, 0.1) is 16.9 Å². The molecule has 0 amide bonds. The van der Waals surface area contributed by atoms with Gasteiger partial charge in [-0.1, -0.05) is 0 Å². The molecule has 2 aromatic rings. The number of halogens is 2. The van der Waals surface area contributed by atoms with Gasteiger partial charge in [-0.25, -0.2) is 15.0 Å². The number of aryl methyl sites for hydroxylation is 2. The van der Waals surface area contributed by atoms with Gasteiger partial charge < -0.3 is 10.6 Å². The van der Waals surface area contributed by atoms with Crippen LogP contribution in [-0.4, -0.2) is 34.6 Å². The molecule has 0 spiro atoms. The minimum absolute atomic E-state index is 0. The molecule has 3 heterocycles. The summed E-state index contributed by atoms with van der Waals surface area (Å²) in [5.41, 5.74) is 5.71. The van der Waals surface area contributed by atoms with E-state index in [0.717, 1.165) is 57.0 Å². The second kappa shape index (κ2) is 9.83. The minimum Gasteiger partial charge on any atom is -0.370 e. The smallest absolute Gasteiger partial charge is 0.134 e. The predicted molar refractivity (Wildman–Crippen MR) is 112 cm³/mol. The molecule has 26 heavy (non-hydrogen) atoms. The molecule has 1 aliphatic heterocycles. The van der Waals surface area contributed by atoms with E-state index in [-0.39, 0.29) is 24.8 Å². The molecular formula is C18H27Cl2N5S. The number of hydrogen-bond donors (Lipinski definition) is 2. The fourth-order valence-corrected chi connectivity index (χ4v) is 4.08. The monoisotopic (exact) mass is 415 g/mol. The van der Waals surface area contributed by atoms with E-state index in [1.165, 1.54) is 34.7 Å². The lowest BCUT2D eigenvalue weighted by atomic mass is 10.1. The summed E-state index contributed by atoms with van der Waals surface area (Å²) in [6.45, 7) is 5.10. The molecular weight excluding hydrogens is 389 g/mol. The van der Waals surface area contributed by atoms with E-state index in [1.807, 2.05) is 5.51 Å². The van der Waals surface area contributed by atoms with Crippen LogP contribution >= 0.6 is 36.2 Å². The van der Waals surface area contributed by atoms with Crippen molar-refractivity contribution in [3.63, 3.8) is 0 Å². The third-order valence-corrected chi connectivity index (χ3v) is 5.86. The Morgan fingerprint density at radius 2 is 2.00 bits per heavy atom. The molecule has 0 aromatic carbocycles. The fraction of sp³-hybridized carbons (Fsp3) is 0.611. The van der Waals surface area contributed by atoms with E-state index < -0.39 is 0 Å². The van der Waals surface area contributed by atoms with Crippen molar-refractivity contribution in [2.45, 2.75) is 51.4 Å². The standard InChI is InChI=1S/C18H25N5S.2ClH/c1-12-16(24-11-21-12)3-2-8-20-18-14-6-9-19-10-7-15(14)22-17(23-18)13-4-5-13;;/h11,13,19H,2-10H2,1H3,(H,20,22,23);2*1H. The van der Waals surface area contributed by atoms with Crippen molar-refractivity contribution < 1.29 is 0 Å². The van der Waals surface area contributed by atoms with Crippen molar-refractivity contribution in [3.05, 3.63) is 33.2 Å². The number of nitrogens with zero attached hydrogens (tertiary/aromatic N) is 3. The molecule has 0 unspecified atom stereocenters. The quantitative estimate of drug-likeness (QED) is 0.704. The van der Waals surface area contributed by atoms with Crippen LogP contribution in [0.4, 0.5) is 5.82 Å². The number of rotatable bonds is 6. The Morgan fingerprint density at radius 1 is 1.19 bits per heavy atom. The Bertz CT molecular complexity index is 718. The summed E-state index contributed by atoms with van der Waals surface area (Å²) < 4.78 is 0. The molecule has 1 saturated carbocycles. The first-order valence-corrected chi connectivity index (χ1v) is 9.92. The van der Waals surface area contributed by atoms with E-state index in [0.29, 0.717) is 5.92 Å². The Balaban J connectivity index is 0.00000121. The first-order chi connectivity index (χ1) is 11.8. The summed E-state index contributed by atoms with van der Waals surface area (Å²) in [5.74, 6) is 2.76. The van der Waals surface area contributed by atoms with Crippen LogP contribution in [0.1, 0.15) is 52.8 Å². The summed E-state index contributed by atoms with van der Waals surface area (Å²) in [5, 5.41) is 7.09. The maximum atomic E-state index is 4.88. The highest BCUT2D eigenvalue weighted by atomic mass is 35.5. The number of hydrogen-bond acceptors (Lipinski definition) is 6. The molecule has 0 atom stereocenters. The fourth-order valence-electron chi connectivity index (χ4n) is 3.26. The van der Waals surface area contributed by atoms with Gasteiger partial charge in [0.25, 0.3) is 0 Å². The second-order valence-electron chi connectivity index (χ2n) is 6.77. The number of aromatic nitrogens is 3. The molecule has 0 saturated heterocycles. The third kappa shape index (κ3) is 5.06. The van der Waals surface area contributed by atoms with Crippen LogP contribution in [0.15, 0.2) is 5.51 Å². The lowest BCUT2D eigenvalue weighted by Gasteiger charge is -2.14. The maximum absolute atomic E-state index is 4.88. The molecule has 2 aliphatic rings. The van der Waals surface area contributed by atoms with Gasteiger partial charge >= 0.3 is 0 Å². The summed E-state index contributed by atoms with van der Waals surface area (Å²) in [6, 6.07) is 0. The average molecular weight is 416 g/mol.